The Morgan fingerprint density at radius 2 is 1.62 bits per heavy atom. The Hall–Kier alpha value is -0.570. The Balaban J connectivity index is 2.40. The van der Waals surface area contributed by atoms with Gasteiger partial charge in [0.1, 0.15) is 5.84 Å². The molecule has 1 N–H and O–H groups in total. The van der Waals surface area contributed by atoms with E-state index in [2.05, 4.69) is 44.4 Å². The van der Waals surface area contributed by atoms with Crippen molar-refractivity contribution in [3.63, 3.8) is 0 Å². The molecule has 0 aliphatic carbocycles. The average molecular weight is 225 g/mol. The van der Waals surface area contributed by atoms with Crippen LogP contribution < -0.4 is 0 Å². The van der Waals surface area contributed by atoms with Crippen LogP contribution in [0.4, 0.5) is 0 Å². The molecule has 1 fully saturated rings. The number of piperazine rings is 1. The minimum Gasteiger partial charge on any atom is -0.358 e. The predicted molar refractivity (Wildman–Crippen MR) is 70.0 cm³/mol. The van der Waals surface area contributed by atoms with Crippen molar-refractivity contribution in [1.82, 2.24) is 9.80 Å². The summed E-state index contributed by atoms with van der Waals surface area (Å²) < 4.78 is 0. The van der Waals surface area contributed by atoms with E-state index in [0.717, 1.165) is 37.9 Å². The summed E-state index contributed by atoms with van der Waals surface area (Å²) in [5, 5.41) is 8.15. The summed E-state index contributed by atoms with van der Waals surface area (Å²) in [6, 6.07) is 0. The van der Waals surface area contributed by atoms with E-state index in [1.165, 1.54) is 6.54 Å². The largest absolute Gasteiger partial charge is 0.358 e. The third-order valence-corrected chi connectivity index (χ3v) is 3.02. The van der Waals surface area contributed by atoms with Crippen molar-refractivity contribution in [3.05, 3.63) is 0 Å². The van der Waals surface area contributed by atoms with Gasteiger partial charge in [0.2, 0.25) is 0 Å². The van der Waals surface area contributed by atoms with E-state index < -0.39 is 0 Å². The molecule has 0 aromatic carbocycles. The molecule has 0 unspecified atom stereocenters. The molecular weight excluding hydrogens is 198 g/mol. The molecule has 0 aromatic rings. The van der Waals surface area contributed by atoms with Gasteiger partial charge in [-0.25, -0.2) is 0 Å². The first-order chi connectivity index (χ1) is 7.30. The van der Waals surface area contributed by atoms with Gasteiger partial charge in [0.05, 0.1) is 0 Å². The van der Waals surface area contributed by atoms with E-state index in [-0.39, 0.29) is 5.41 Å². The fourth-order valence-electron chi connectivity index (χ4n) is 2.14. The zero-order chi connectivity index (χ0) is 12.3. The quantitative estimate of drug-likeness (QED) is 0.577. The Bertz CT molecular complexity index is 232. The number of nitrogens with zero attached hydrogens (tertiary/aromatic N) is 2. The van der Waals surface area contributed by atoms with Crippen molar-refractivity contribution in [3.8, 4) is 0 Å². The van der Waals surface area contributed by atoms with Crippen molar-refractivity contribution >= 4 is 5.84 Å². The van der Waals surface area contributed by atoms with Crippen molar-refractivity contribution < 1.29 is 0 Å². The second-order valence-electron chi connectivity index (χ2n) is 6.28. The van der Waals surface area contributed by atoms with E-state index >= 15 is 0 Å². The molecule has 1 rings (SSSR count). The monoisotopic (exact) mass is 225 g/mol. The highest BCUT2D eigenvalue weighted by molar-refractivity contribution is 5.84. The first kappa shape index (κ1) is 13.5. The van der Waals surface area contributed by atoms with Gasteiger partial charge in [-0.05, 0) is 5.92 Å². The maximum atomic E-state index is 8.15. The lowest BCUT2D eigenvalue weighted by Crippen LogP contribution is -2.51. The van der Waals surface area contributed by atoms with Gasteiger partial charge < -0.3 is 4.90 Å². The average Bonchev–Trinajstić information content (AvgIpc) is 2.15. The number of nitrogens with one attached hydrogen (secondary N) is 1. The maximum Gasteiger partial charge on any atom is 0.101 e. The molecule has 94 valence electrons. The normalized spacial score (nSPS) is 19.2. The lowest BCUT2D eigenvalue weighted by atomic mass is 9.93. The van der Waals surface area contributed by atoms with Gasteiger partial charge >= 0.3 is 0 Å². The number of rotatable bonds is 2. The number of hydrogen-bond acceptors (Lipinski definition) is 2. The lowest BCUT2D eigenvalue weighted by Gasteiger charge is -2.40. The topological polar surface area (TPSA) is 30.3 Å². The molecule has 0 amide bonds. The molecule has 3 heteroatoms. The van der Waals surface area contributed by atoms with Crippen LogP contribution in [0.2, 0.25) is 0 Å². The maximum absolute atomic E-state index is 8.15. The van der Waals surface area contributed by atoms with Crippen LogP contribution in [-0.2, 0) is 0 Å². The van der Waals surface area contributed by atoms with E-state index in [4.69, 9.17) is 5.41 Å². The fourth-order valence-corrected chi connectivity index (χ4v) is 2.14. The smallest absolute Gasteiger partial charge is 0.101 e. The summed E-state index contributed by atoms with van der Waals surface area (Å²) in [7, 11) is 0. The number of hydrogen-bond donors (Lipinski definition) is 1. The third kappa shape index (κ3) is 3.78. The Morgan fingerprint density at radius 1 is 1.12 bits per heavy atom. The second kappa shape index (κ2) is 5.17. The lowest BCUT2D eigenvalue weighted by molar-refractivity contribution is 0.159. The zero-order valence-electron chi connectivity index (χ0n) is 11.5. The molecule has 0 radical (unpaired) electrons. The van der Waals surface area contributed by atoms with Crippen molar-refractivity contribution in [2.45, 2.75) is 34.6 Å². The molecule has 3 nitrogen and oxygen atoms in total. The van der Waals surface area contributed by atoms with E-state index in [0.29, 0.717) is 0 Å². The van der Waals surface area contributed by atoms with Gasteiger partial charge in [0.25, 0.3) is 0 Å². The minimum absolute atomic E-state index is 0.0137. The Labute approximate surface area is 100 Å². The van der Waals surface area contributed by atoms with Crippen molar-refractivity contribution in [2.24, 2.45) is 11.3 Å². The van der Waals surface area contributed by atoms with Crippen LogP contribution in [0.3, 0.4) is 0 Å². The first-order valence-electron chi connectivity index (χ1n) is 6.37. The molecule has 0 bridgehead atoms. The summed E-state index contributed by atoms with van der Waals surface area (Å²) in [6.45, 7) is 16.3. The highest BCUT2D eigenvalue weighted by Gasteiger charge is 2.26. The van der Waals surface area contributed by atoms with E-state index in [1.54, 1.807) is 0 Å². The Morgan fingerprint density at radius 3 is 2.00 bits per heavy atom. The van der Waals surface area contributed by atoms with Crippen LogP contribution in [0.5, 0.6) is 0 Å². The zero-order valence-corrected chi connectivity index (χ0v) is 11.5. The van der Waals surface area contributed by atoms with E-state index in [9.17, 15) is 0 Å². The van der Waals surface area contributed by atoms with Gasteiger partial charge in [-0.3, -0.25) is 10.3 Å². The van der Waals surface area contributed by atoms with Crippen LogP contribution >= 0.6 is 0 Å². The molecule has 1 aliphatic heterocycles. The molecule has 0 atom stereocenters. The molecule has 16 heavy (non-hydrogen) atoms. The molecule has 1 saturated heterocycles. The summed E-state index contributed by atoms with van der Waals surface area (Å²) in [4.78, 5) is 4.74. The van der Waals surface area contributed by atoms with Gasteiger partial charge in [0, 0.05) is 38.1 Å². The summed E-state index contributed by atoms with van der Waals surface area (Å²) in [5.74, 6) is 1.53. The highest BCUT2D eigenvalue weighted by Crippen LogP contribution is 2.19. The highest BCUT2D eigenvalue weighted by atomic mass is 15.3. The van der Waals surface area contributed by atoms with Crippen molar-refractivity contribution in [1.29, 1.82) is 5.41 Å². The minimum atomic E-state index is -0.0137. The number of amidine groups is 1. The van der Waals surface area contributed by atoms with Gasteiger partial charge in [0.15, 0.2) is 0 Å². The summed E-state index contributed by atoms with van der Waals surface area (Å²) in [5.41, 5.74) is -0.0137. The summed E-state index contributed by atoms with van der Waals surface area (Å²) >= 11 is 0. The second-order valence-corrected chi connectivity index (χ2v) is 6.28. The van der Waals surface area contributed by atoms with Gasteiger partial charge in [-0.15, -0.1) is 0 Å². The van der Waals surface area contributed by atoms with Crippen molar-refractivity contribution in [2.75, 3.05) is 32.7 Å². The predicted octanol–water partition coefficient (Wildman–Crippen LogP) is 2.28. The van der Waals surface area contributed by atoms with Crippen LogP contribution in [-0.4, -0.2) is 48.4 Å². The fraction of sp³-hybridized carbons (Fsp3) is 0.923. The van der Waals surface area contributed by atoms with Gasteiger partial charge in [-0.1, -0.05) is 34.6 Å². The Kier molecular flexibility index (Phi) is 4.36. The van der Waals surface area contributed by atoms with Crippen LogP contribution in [0.1, 0.15) is 34.6 Å². The summed E-state index contributed by atoms with van der Waals surface area (Å²) in [6.07, 6.45) is 0. The van der Waals surface area contributed by atoms with Crippen LogP contribution in [0.25, 0.3) is 0 Å². The van der Waals surface area contributed by atoms with Crippen LogP contribution in [0.15, 0.2) is 0 Å². The standard InChI is InChI=1S/C13H27N3/c1-11(2)10-15-6-8-16(9-7-15)12(14)13(3,4)5/h11,14H,6-10H2,1-5H3. The first-order valence-corrected chi connectivity index (χ1v) is 6.37. The third-order valence-electron chi connectivity index (χ3n) is 3.02. The van der Waals surface area contributed by atoms with E-state index in [1.807, 2.05) is 0 Å². The molecule has 0 spiro atoms. The molecule has 1 heterocycles. The molecular formula is C13H27N3. The molecule has 0 aromatic heterocycles. The SMILES string of the molecule is CC(C)CN1CCN(C(=N)C(C)(C)C)CC1. The molecule has 0 saturated carbocycles. The molecule has 1 aliphatic rings. The van der Waals surface area contributed by atoms with Gasteiger partial charge in [-0.2, -0.15) is 0 Å². The van der Waals surface area contributed by atoms with Crippen LogP contribution in [0, 0.1) is 16.7 Å².